The van der Waals surface area contributed by atoms with Gasteiger partial charge in [0, 0.05) is 5.92 Å². The molecule has 2 fully saturated rings. The summed E-state index contributed by atoms with van der Waals surface area (Å²) in [4.78, 5) is 4.84. The van der Waals surface area contributed by atoms with Crippen LogP contribution in [0.15, 0.2) is 0 Å². The van der Waals surface area contributed by atoms with Crippen molar-refractivity contribution in [2.75, 3.05) is 13.2 Å². The Morgan fingerprint density at radius 2 is 1.94 bits per heavy atom. The molecule has 0 bridgehead atoms. The Morgan fingerprint density at radius 1 is 1.22 bits per heavy atom. The standard InChI is InChI=1S/C12H23NO5/c1-3-5-8(4-2)9-6-16-12-10(18-13(14)15)7-17-11(9)12/h8-12,14-15H,3-7H2,1-2H3/t8?,9-,10-,11-,12-/m1/s1. The van der Waals surface area contributed by atoms with Gasteiger partial charge in [0.25, 0.3) is 0 Å². The average molecular weight is 261 g/mol. The maximum Gasteiger partial charge on any atom is 0.136 e. The van der Waals surface area contributed by atoms with Crippen molar-refractivity contribution in [3.05, 3.63) is 0 Å². The highest BCUT2D eigenvalue weighted by atomic mass is 17.1. The van der Waals surface area contributed by atoms with E-state index >= 15 is 0 Å². The van der Waals surface area contributed by atoms with Gasteiger partial charge in [0.1, 0.15) is 12.2 Å². The highest BCUT2D eigenvalue weighted by molar-refractivity contribution is 4.96. The van der Waals surface area contributed by atoms with Gasteiger partial charge in [0.2, 0.25) is 0 Å². The third-order valence-corrected chi connectivity index (χ3v) is 4.07. The molecule has 0 saturated carbocycles. The second-order valence-corrected chi connectivity index (χ2v) is 5.11. The van der Waals surface area contributed by atoms with Crippen LogP contribution in [0.3, 0.4) is 0 Å². The number of ether oxygens (including phenoxy) is 2. The van der Waals surface area contributed by atoms with E-state index in [4.69, 9.17) is 24.7 Å². The van der Waals surface area contributed by atoms with E-state index in [0.717, 1.165) is 12.8 Å². The normalized spacial score (nSPS) is 37.2. The molecule has 0 radical (unpaired) electrons. The first-order chi connectivity index (χ1) is 8.67. The summed E-state index contributed by atoms with van der Waals surface area (Å²) in [6, 6.07) is 0. The molecule has 1 unspecified atom stereocenters. The summed E-state index contributed by atoms with van der Waals surface area (Å²) in [7, 11) is 0. The smallest absolute Gasteiger partial charge is 0.136 e. The molecule has 2 rings (SSSR count). The minimum Gasteiger partial charge on any atom is -0.372 e. The first-order valence-electron chi connectivity index (χ1n) is 6.75. The fourth-order valence-corrected chi connectivity index (χ4v) is 3.20. The molecule has 106 valence electrons. The molecule has 2 aliphatic heterocycles. The molecule has 2 aliphatic rings. The predicted molar refractivity (Wildman–Crippen MR) is 61.9 cm³/mol. The zero-order valence-corrected chi connectivity index (χ0v) is 11.0. The summed E-state index contributed by atoms with van der Waals surface area (Å²) in [6.45, 7) is 5.39. The van der Waals surface area contributed by atoms with Crippen molar-refractivity contribution in [2.24, 2.45) is 11.8 Å². The lowest BCUT2D eigenvalue weighted by Gasteiger charge is -2.24. The van der Waals surface area contributed by atoms with Crippen LogP contribution in [0.25, 0.3) is 0 Å². The average Bonchev–Trinajstić information content (AvgIpc) is 2.89. The van der Waals surface area contributed by atoms with Gasteiger partial charge in [-0.3, -0.25) is 10.4 Å². The Balaban J connectivity index is 1.95. The molecule has 0 aromatic carbocycles. The number of rotatable bonds is 6. The van der Waals surface area contributed by atoms with Gasteiger partial charge in [-0.1, -0.05) is 33.1 Å². The topological polar surface area (TPSA) is 71.4 Å². The minimum atomic E-state index is -0.436. The molecule has 0 amide bonds. The van der Waals surface area contributed by atoms with Crippen molar-refractivity contribution < 1.29 is 24.7 Å². The van der Waals surface area contributed by atoms with Gasteiger partial charge in [-0.2, -0.15) is 0 Å². The van der Waals surface area contributed by atoms with E-state index in [0.29, 0.717) is 25.0 Å². The monoisotopic (exact) mass is 261 g/mol. The fourth-order valence-electron chi connectivity index (χ4n) is 3.20. The van der Waals surface area contributed by atoms with E-state index in [-0.39, 0.29) is 17.6 Å². The van der Waals surface area contributed by atoms with Crippen LogP contribution in [-0.2, 0) is 14.3 Å². The van der Waals surface area contributed by atoms with Crippen molar-refractivity contribution in [2.45, 2.75) is 51.4 Å². The molecule has 0 aromatic rings. The molecule has 0 spiro atoms. The van der Waals surface area contributed by atoms with E-state index < -0.39 is 6.10 Å². The Hall–Kier alpha value is -0.240. The number of nitrogens with zero attached hydrogens (tertiary/aromatic N) is 1. The molecule has 0 aromatic heterocycles. The molecule has 6 nitrogen and oxygen atoms in total. The van der Waals surface area contributed by atoms with Crippen molar-refractivity contribution in [1.82, 2.24) is 5.39 Å². The van der Waals surface area contributed by atoms with Crippen LogP contribution in [0.5, 0.6) is 0 Å². The number of hydrogen-bond donors (Lipinski definition) is 2. The molecular weight excluding hydrogens is 238 g/mol. The Labute approximate surface area is 107 Å². The van der Waals surface area contributed by atoms with E-state index in [9.17, 15) is 0 Å². The minimum absolute atomic E-state index is 0.0199. The van der Waals surface area contributed by atoms with Gasteiger partial charge in [0.05, 0.1) is 24.7 Å². The van der Waals surface area contributed by atoms with E-state index in [2.05, 4.69) is 13.8 Å². The van der Waals surface area contributed by atoms with Crippen LogP contribution in [-0.4, -0.2) is 47.3 Å². The summed E-state index contributed by atoms with van der Waals surface area (Å²) >= 11 is 0. The van der Waals surface area contributed by atoms with Gasteiger partial charge in [-0.05, 0) is 5.92 Å². The maximum absolute atomic E-state index is 8.69. The van der Waals surface area contributed by atoms with Crippen LogP contribution in [0.4, 0.5) is 0 Å². The molecule has 5 atom stereocenters. The van der Waals surface area contributed by atoms with Crippen molar-refractivity contribution >= 4 is 0 Å². The van der Waals surface area contributed by atoms with E-state index in [1.54, 1.807) is 0 Å². The van der Waals surface area contributed by atoms with Crippen LogP contribution in [0.1, 0.15) is 33.1 Å². The van der Waals surface area contributed by atoms with Crippen LogP contribution < -0.4 is 0 Å². The molecule has 18 heavy (non-hydrogen) atoms. The highest BCUT2D eigenvalue weighted by Gasteiger charge is 2.50. The number of hydrogen-bond acceptors (Lipinski definition) is 6. The van der Waals surface area contributed by atoms with Crippen LogP contribution in [0, 0.1) is 11.8 Å². The van der Waals surface area contributed by atoms with Crippen LogP contribution in [0.2, 0.25) is 0 Å². The molecular formula is C12H23NO5. The third-order valence-electron chi connectivity index (χ3n) is 4.07. The number of fused-ring (bicyclic) bond motifs is 1. The summed E-state index contributed by atoms with van der Waals surface area (Å²) in [5.41, 5.74) is 0. The summed E-state index contributed by atoms with van der Waals surface area (Å²) < 4.78 is 11.5. The molecule has 6 heteroatoms. The molecule has 2 saturated heterocycles. The summed E-state index contributed by atoms with van der Waals surface area (Å²) in [5.74, 6) is 0.988. The zero-order chi connectivity index (χ0) is 13.1. The Morgan fingerprint density at radius 3 is 2.56 bits per heavy atom. The van der Waals surface area contributed by atoms with Crippen molar-refractivity contribution in [3.8, 4) is 0 Å². The van der Waals surface area contributed by atoms with Gasteiger partial charge >= 0.3 is 0 Å². The van der Waals surface area contributed by atoms with Gasteiger partial charge in [-0.25, -0.2) is 4.84 Å². The van der Waals surface area contributed by atoms with Crippen LogP contribution >= 0.6 is 0 Å². The van der Waals surface area contributed by atoms with E-state index in [1.165, 1.54) is 6.42 Å². The largest absolute Gasteiger partial charge is 0.372 e. The molecule has 2 heterocycles. The Kier molecular flexibility index (Phi) is 4.94. The quantitative estimate of drug-likeness (QED) is 0.708. The van der Waals surface area contributed by atoms with Gasteiger partial charge in [0.15, 0.2) is 0 Å². The lowest BCUT2D eigenvalue weighted by Crippen LogP contribution is -2.36. The first kappa shape index (κ1) is 14.2. The molecule has 0 aliphatic carbocycles. The second kappa shape index (κ2) is 6.27. The lowest BCUT2D eigenvalue weighted by atomic mass is 9.83. The van der Waals surface area contributed by atoms with E-state index in [1.807, 2.05) is 0 Å². The second-order valence-electron chi connectivity index (χ2n) is 5.11. The first-order valence-corrected chi connectivity index (χ1v) is 6.75. The van der Waals surface area contributed by atoms with Gasteiger partial charge in [-0.15, -0.1) is 0 Å². The van der Waals surface area contributed by atoms with Crippen molar-refractivity contribution in [3.63, 3.8) is 0 Å². The summed E-state index contributed by atoms with van der Waals surface area (Å²) in [5, 5.41) is 17.1. The predicted octanol–water partition coefficient (Wildman–Crippen LogP) is 1.61. The fraction of sp³-hybridized carbons (Fsp3) is 1.00. The SMILES string of the molecule is CCCC(CC)[C@H]1CO[C@H]2[C@@H]1OC[C@H]2ON(O)O. The highest BCUT2D eigenvalue weighted by Crippen LogP contribution is 2.39. The molecule has 2 N–H and O–H groups in total. The van der Waals surface area contributed by atoms with Gasteiger partial charge < -0.3 is 9.47 Å². The zero-order valence-electron chi connectivity index (χ0n) is 11.0. The summed E-state index contributed by atoms with van der Waals surface area (Å²) in [6.07, 6.45) is 2.84. The lowest BCUT2D eigenvalue weighted by molar-refractivity contribution is -0.507. The van der Waals surface area contributed by atoms with Crippen molar-refractivity contribution in [1.29, 1.82) is 0 Å². The maximum atomic E-state index is 8.69. The third kappa shape index (κ3) is 2.84. The Bertz CT molecular complexity index is 263.